The van der Waals surface area contributed by atoms with Crippen LogP contribution in [0, 0.1) is 0 Å². The van der Waals surface area contributed by atoms with Gasteiger partial charge in [0.05, 0.1) is 6.04 Å². The summed E-state index contributed by atoms with van der Waals surface area (Å²) in [5, 5.41) is 10.1. The van der Waals surface area contributed by atoms with Crippen LogP contribution in [0.4, 0.5) is 4.79 Å². The Morgan fingerprint density at radius 1 is 1.73 bits per heavy atom. The molecule has 0 saturated carbocycles. The van der Waals surface area contributed by atoms with Gasteiger partial charge >= 0.3 is 6.03 Å². The molecule has 0 spiro atoms. The van der Waals surface area contributed by atoms with E-state index in [1.54, 1.807) is 4.90 Å². The van der Waals surface area contributed by atoms with Crippen molar-refractivity contribution in [2.45, 2.75) is 13.0 Å². The fourth-order valence-corrected chi connectivity index (χ4v) is 1.52. The molecule has 0 aliphatic carbocycles. The maximum Gasteiger partial charge on any atom is 0.344 e. The summed E-state index contributed by atoms with van der Waals surface area (Å²) in [5.74, 6) is 0. The predicted octanol–water partition coefficient (Wildman–Crippen LogP) is 0.442. The molecule has 1 atom stereocenters. The zero-order valence-electron chi connectivity index (χ0n) is 6.32. The summed E-state index contributed by atoms with van der Waals surface area (Å²) >= 11 is 0. The lowest BCUT2D eigenvalue weighted by Gasteiger charge is -2.18. The molecule has 0 aromatic rings. The van der Waals surface area contributed by atoms with Crippen molar-refractivity contribution in [3.63, 3.8) is 0 Å². The van der Waals surface area contributed by atoms with Gasteiger partial charge in [-0.05, 0) is 12.5 Å². The van der Waals surface area contributed by atoms with Crippen LogP contribution in [0.15, 0.2) is 11.6 Å². The molecule has 2 amide bonds. The highest BCUT2D eigenvalue weighted by molar-refractivity contribution is 5.77. The van der Waals surface area contributed by atoms with Crippen LogP contribution in [0.25, 0.3) is 0 Å². The van der Waals surface area contributed by atoms with E-state index in [1.165, 1.54) is 0 Å². The van der Waals surface area contributed by atoms with Gasteiger partial charge in [0, 0.05) is 13.1 Å². The Hall–Kier alpha value is -1.03. The number of urea groups is 1. The lowest BCUT2D eigenvalue weighted by atomic mass is 10.1. The minimum absolute atomic E-state index is 0.101. The summed E-state index contributed by atoms with van der Waals surface area (Å²) < 4.78 is 0. The largest absolute Gasteiger partial charge is 0.344 e. The van der Waals surface area contributed by atoms with E-state index in [0.29, 0.717) is 13.1 Å². The van der Waals surface area contributed by atoms with E-state index in [-0.39, 0.29) is 12.1 Å². The molecule has 2 bridgehead atoms. The zero-order chi connectivity index (χ0) is 8.01. The molecule has 1 unspecified atom stereocenters. The summed E-state index contributed by atoms with van der Waals surface area (Å²) in [6.07, 6.45) is 1.97. The molecule has 60 valence electrons. The molecule has 2 heterocycles. The van der Waals surface area contributed by atoms with Crippen LogP contribution in [0.1, 0.15) is 6.92 Å². The monoisotopic (exact) mass is 154 g/mol. The first-order valence-corrected chi connectivity index (χ1v) is 3.64. The second-order valence-electron chi connectivity index (χ2n) is 3.00. The highest BCUT2D eigenvalue weighted by Crippen LogP contribution is 2.23. The Balaban J connectivity index is 2.33. The van der Waals surface area contributed by atoms with Crippen molar-refractivity contribution < 1.29 is 10.0 Å². The summed E-state index contributed by atoms with van der Waals surface area (Å²) in [4.78, 5) is 12.7. The number of rotatable bonds is 0. The SMILES string of the molecule is CC1=CCN2CC1N(O)C2=O. The van der Waals surface area contributed by atoms with Crippen molar-refractivity contribution in [2.24, 2.45) is 0 Å². The Morgan fingerprint density at radius 2 is 2.45 bits per heavy atom. The molecule has 2 aliphatic heterocycles. The number of fused-ring (bicyclic) bond motifs is 2. The number of amides is 2. The molecule has 1 fully saturated rings. The van der Waals surface area contributed by atoms with Gasteiger partial charge in [-0.2, -0.15) is 5.06 Å². The van der Waals surface area contributed by atoms with E-state index < -0.39 is 0 Å². The molecule has 0 radical (unpaired) electrons. The van der Waals surface area contributed by atoms with E-state index in [0.717, 1.165) is 10.6 Å². The van der Waals surface area contributed by atoms with Crippen molar-refractivity contribution in [1.29, 1.82) is 0 Å². The van der Waals surface area contributed by atoms with E-state index in [1.807, 2.05) is 13.0 Å². The van der Waals surface area contributed by atoms with E-state index in [2.05, 4.69) is 0 Å². The first kappa shape index (κ1) is 6.67. The number of nitrogens with zero attached hydrogens (tertiary/aromatic N) is 2. The predicted molar refractivity (Wildman–Crippen MR) is 38.1 cm³/mol. The minimum Gasteiger partial charge on any atom is -0.317 e. The number of carbonyl (C=O) groups excluding carboxylic acids is 1. The summed E-state index contributed by atoms with van der Waals surface area (Å²) in [5.41, 5.74) is 1.08. The van der Waals surface area contributed by atoms with Gasteiger partial charge in [-0.25, -0.2) is 4.79 Å². The van der Waals surface area contributed by atoms with Crippen molar-refractivity contribution in [3.8, 4) is 0 Å². The van der Waals surface area contributed by atoms with Crippen molar-refractivity contribution in [3.05, 3.63) is 11.6 Å². The third-order valence-electron chi connectivity index (χ3n) is 2.31. The number of hydroxylamine groups is 2. The van der Waals surface area contributed by atoms with Crippen LogP contribution >= 0.6 is 0 Å². The normalized spacial score (nSPS) is 29.5. The van der Waals surface area contributed by atoms with Gasteiger partial charge in [0.15, 0.2) is 0 Å². The van der Waals surface area contributed by atoms with Crippen molar-refractivity contribution in [1.82, 2.24) is 9.96 Å². The third kappa shape index (κ3) is 0.758. The van der Waals surface area contributed by atoms with Gasteiger partial charge in [-0.3, -0.25) is 5.21 Å². The van der Waals surface area contributed by atoms with E-state index in [4.69, 9.17) is 0 Å². The highest BCUT2D eigenvalue weighted by Gasteiger charge is 2.39. The maximum absolute atomic E-state index is 11.1. The molecule has 4 nitrogen and oxygen atoms in total. The fourth-order valence-electron chi connectivity index (χ4n) is 1.52. The quantitative estimate of drug-likeness (QED) is 0.406. The van der Waals surface area contributed by atoms with E-state index >= 15 is 0 Å². The van der Waals surface area contributed by atoms with Crippen LogP contribution in [-0.2, 0) is 0 Å². The molecule has 1 saturated heterocycles. The summed E-state index contributed by atoms with van der Waals surface area (Å²) in [6.45, 7) is 3.21. The van der Waals surface area contributed by atoms with Gasteiger partial charge in [0.1, 0.15) is 0 Å². The van der Waals surface area contributed by atoms with Gasteiger partial charge in [0.2, 0.25) is 0 Å². The molecule has 2 rings (SSSR count). The Bertz CT molecular complexity index is 237. The summed E-state index contributed by atoms with van der Waals surface area (Å²) in [6, 6.07) is -0.376. The van der Waals surface area contributed by atoms with Crippen LogP contribution in [-0.4, -0.2) is 40.3 Å². The van der Waals surface area contributed by atoms with Gasteiger partial charge in [-0.1, -0.05) is 6.08 Å². The molecule has 1 N–H and O–H groups in total. The second kappa shape index (κ2) is 1.98. The average molecular weight is 154 g/mol. The van der Waals surface area contributed by atoms with E-state index in [9.17, 15) is 10.0 Å². The van der Waals surface area contributed by atoms with Crippen LogP contribution < -0.4 is 0 Å². The van der Waals surface area contributed by atoms with Crippen LogP contribution in [0.3, 0.4) is 0 Å². The lowest BCUT2D eigenvalue weighted by Crippen LogP contribution is -2.30. The molecular formula is C7H10N2O2. The minimum atomic E-state index is -0.275. The molecule has 4 heteroatoms. The van der Waals surface area contributed by atoms with Gasteiger partial charge in [-0.15, -0.1) is 0 Å². The smallest absolute Gasteiger partial charge is 0.317 e. The maximum atomic E-state index is 11.1. The van der Waals surface area contributed by atoms with Crippen LogP contribution in [0.2, 0.25) is 0 Å². The topological polar surface area (TPSA) is 43.8 Å². The number of hydrogen-bond donors (Lipinski definition) is 1. The highest BCUT2D eigenvalue weighted by atomic mass is 16.5. The molecule has 2 aliphatic rings. The number of hydrogen-bond acceptors (Lipinski definition) is 2. The zero-order valence-corrected chi connectivity index (χ0v) is 6.32. The summed E-state index contributed by atoms with van der Waals surface area (Å²) in [7, 11) is 0. The Morgan fingerprint density at radius 3 is 3.09 bits per heavy atom. The van der Waals surface area contributed by atoms with Crippen LogP contribution in [0.5, 0.6) is 0 Å². The molecule has 11 heavy (non-hydrogen) atoms. The molecule has 0 aromatic carbocycles. The van der Waals surface area contributed by atoms with Crippen molar-refractivity contribution in [2.75, 3.05) is 13.1 Å². The first-order chi connectivity index (χ1) is 5.20. The Kier molecular flexibility index (Phi) is 1.20. The standard InChI is InChI=1S/C7H10N2O2/c1-5-2-3-8-4-6(5)9(11)7(8)10/h2,6,11H,3-4H2,1H3. The van der Waals surface area contributed by atoms with Gasteiger partial charge < -0.3 is 4.90 Å². The first-order valence-electron chi connectivity index (χ1n) is 3.64. The fraction of sp³-hybridized carbons (Fsp3) is 0.571. The second-order valence-corrected chi connectivity index (χ2v) is 3.00. The third-order valence-corrected chi connectivity index (χ3v) is 2.31. The van der Waals surface area contributed by atoms with Crippen molar-refractivity contribution >= 4 is 6.03 Å². The lowest BCUT2D eigenvalue weighted by molar-refractivity contribution is -0.0477. The Labute approximate surface area is 64.7 Å². The molecular weight excluding hydrogens is 144 g/mol. The van der Waals surface area contributed by atoms with Gasteiger partial charge in [0.25, 0.3) is 0 Å². The number of carbonyl (C=O) groups is 1. The molecule has 0 aromatic heterocycles. The average Bonchev–Trinajstić information content (AvgIpc) is 2.24.